The molecule has 0 atom stereocenters. The first-order valence-electron chi connectivity index (χ1n) is 6.58. The molecule has 0 aliphatic carbocycles. The Labute approximate surface area is 147 Å². The van der Waals surface area contributed by atoms with Gasteiger partial charge in [-0.05, 0) is 47.0 Å². The van der Waals surface area contributed by atoms with Gasteiger partial charge in [-0.3, -0.25) is 0 Å². The van der Waals surface area contributed by atoms with Gasteiger partial charge < -0.3 is 4.74 Å². The third-order valence-electron chi connectivity index (χ3n) is 3.34. The second-order valence-corrected chi connectivity index (χ2v) is 8.79. The van der Waals surface area contributed by atoms with Crippen LogP contribution in [0.4, 0.5) is 0 Å². The molecular formula is C13H16Br2ClNO3S. The van der Waals surface area contributed by atoms with E-state index in [1.165, 1.54) is 4.31 Å². The minimum atomic E-state index is -3.48. The van der Waals surface area contributed by atoms with Crippen LogP contribution in [0.2, 0.25) is 0 Å². The van der Waals surface area contributed by atoms with E-state index in [-0.39, 0.29) is 11.0 Å². The van der Waals surface area contributed by atoms with E-state index in [2.05, 4.69) is 31.9 Å². The van der Waals surface area contributed by atoms with Crippen LogP contribution in [0.15, 0.2) is 32.0 Å². The number of piperidine rings is 1. The Balaban J connectivity index is 2.10. The van der Waals surface area contributed by atoms with Gasteiger partial charge in [0, 0.05) is 27.9 Å². The Hall–Kier alpha value is 0.340. The van der Waals surface area contributed by atoms with Gasteiger partial charge in [0.05, 0.1) is 17.6 Å². The Morgan fingerprint density at radius 3 is 2.57 bits per heavy atom. The molecule has 1 saturated heterocycles. The molecule has 1 heterocycles. The van der Waals surface area contributed by atoms with Crippen LogP contribution in [0.25, 0.3) is 0 Å². The first-order chi connectivity index (χ1) is 9.95. The van der Waals surface area contributed by atoms with E-state index in [1.807, 2.05) is 0 Å². The molecule has 8 heteroatoms. The fourth-order valence-corrected chi connectivity index (χ4v) is 5.29. The van der Waals surface area contributed by atoms with Crippen molar-refractivity contribution in [3.63, 3.8) is 0 Å². The van der Waals surface area contributed by atoms with Gasteiger partial charge in [-0.2, -0.15) is 4.31 Å². The van der Waals surface area contributed by atoms with Crippen LogP contribution in [-0.4, -0.2) is 44.4 Å². The SMILES string of the molecule is O=S(=O)(c1cc(Br)ccc1Br)N1CCC(OCCCl)CC1. The number of sulfonamides is 1. The van der Waals surface area contributed by atoms with E-state index in [0.717, 1.165) is 4.47 Å². The number of hydrogen-bond donors (Lipinski definition) is 0. The number of ether oxygens (including phenoxy) is 1. The minimum absolute atomic E-state index is 0.0983. The number of hydrogen-bond acceptors (Lipinski definition) is 3. The van der Waals surface area contributed by atoms with Gasteiger partial charge in [0.2, 0.25) is 10.0 Å². The zero-order chi connectivity index (χ0) is 15.5. The van der Waals surface area contributed by atoms with Crippen LogP contribution < -0.4 is 0 Å². The number of alkyl halides is 1. The fraction of sp³-hybridized carbons (Fsp3) is 0.538. The Morgan fingerprint density at radius 2 is 1.95 bits per heavy atom. The largest absolute Gasteiger partial charge is 0.377 e. The summed E-state index contributed by atoms with van der Waals surface area (Å²) in [4.78, 5) is 0.289. The van der Waals surface area contributed by atoms with Crippen LogP contribution in [0.5, 0.6) is 0 Å². The molecule has 2 rings (SSSR count). The van der Waals surface area contributed by atoms with Crippen LogP contribution in [-0.2, 0) is 14.8 Å². The molecule has 0 aromatic heterocycles. The predicted molar refractivity (Wildman–Crippen MR) is 90.3 cm³/mol. The van der Waals surface area contributed by atoms with Crippen molar-refractivity contribution in [2.75, 3.05) is 25.6 Å². The van der Waals surface area contributed by atoms with Crippen molar-refractivity contribution in [3.8, 4) is 0 Å². The average Bonchev–Trinajstić information content (AvgIpc) is 2.48. The second kappa shape index (κ2) is 7.75. The van der Waals surface area contributed by atoms with Gasteiger partial charge in [0.25, 0.3) is 0 Å². The van der Waals surface area contributed by atoms with Crippen LogP contribution in [0.3, 0.4) is 0 Å². The molecule has 0 bridgehead atoms. The molecule has 1 aliphatic rings. The van der Waals surface area contributed by atoms with E-state index < -0.39 is 10.0 Å². The molecule has 0 unspecified atom stereocenters. The van der Waals surface area contributed by atoms with Gasteiger partial charge in [0.1, 0.15) is 0 Å². The summed E-state index contributed by atoms with van der Waals surface area (Å²) in [5.41, 5.74) is 0. The topological polar surface area (TPSA) is 46.6 Å². The third kappa shape index (κ3) is 4.42. The van der Waals surface area contributed by atoms with Crippen molar-refractivity contribution >= 4 is 53.5 Å². The molecule has 1 aromatic rings. The molecule has 4 nitrogen and oxygen atoms in total. The van der Waals surface area contributed by atoms with E-state index >= 15 is 0 Å². The molecule has 0 amide bonds. The number of rotatable bonds is 5. The lowest BCUT2D eigenvalue weighted by molar-refractivity contribution is 0.0301. The van der Waals surface area contributed by atoms with Crippen molar-refractivity contribution in [1.29, 1.82) is 0 Å². The molecule has 1 fully saturated rings. The maximum Gasteiger partial charge on any atom is 0.244 e. The fourth-order valence-electron chi connectivity index (χ4n) is 2.26. The summed E-state index contributed by atoms with van der Waals surface area (Å²) >= 11 is 12.2. The maximum atomic E-state index is 12.7. The molecule has 0 N–H and O–H groups in total. The summed E-state index contributed by atoms with van der Waals surface area (Å²) in [5, 5.41) is 0. The lowest BCUT2D eigenvalue weighted by Gasteiger charge is -2.31. The Morgan fingerprint density at radius 1 is 1.29 bits per heavy atom. The number of benzene rings is 1. The predicted octanol–water partition coefficient (Wildman–Crippen LogP) is 3.62. The van der Waals surface area contributed by atoms with Gasteiger partial charge >= 0.3 is 0 Å². The molecule has 0 saturated carbocycles. The molecule has 118 valence electrons. The minimum Gasteiger partial charge on any atom is -0.377 e. The first kappa shape index (κ1) is 17.7. The summed E-state index contributed by atoms with van der Waals surface area (Å²) < 4.78 is 33.8. The molecule has 1 aliphatic heterocycles. The summed E-state index contributed by atoms with van der Waals surface area (Å²) in [5.74, 6) is 0.462. The Kier molecular flexibility index (Phi) is 6.52. The highest BCUT2D eigenvalue weighted by Gasteiger charge is 2.31. The van der Waals surface area contributed by atoms with E-state index in [9.17, 15) is 8.42 Å². The van der Waals surface area contributed by atoms with Gasteiger partial charge in [-0.25, -0.2) is 8.42 Å². The van der Waals surface area contributed by atoms with Crippen LogP contribution >= 0.6 is 43.5 Å². The second-order valence-electron chi connectivity index (χ2n) is 4.74. The van der Waals surface area contributed by atoms with Gasteiger partial charge in [-0.15, -0.1) is 11.6 Å². The lowest BCUT2D eigenvalue weighted by atomic mass is 10.1. The van der Waals surface area contributed by atoms with E-state index in [0.29, 0.717) is 42.9 Å². The zero-order valence-electron chi connectivity index (χ0n) is 11.3. The summed E-state index contributed by atoms with van der Waals surface area (Å²) in [6, 6.07) is 5.15. The molecule has 21 heavy (non-hydrogen) atoms. The van der Waals surface area contributed by atoms with Crippen molar-refractivity contribution in [3.05, 3.63) is 27.1 Å². The highest BCUT2D eigenvalue weighted by atomic mass is 79.9. The normalized spacial score (nSPS) is 18.0. The number of nitrogens with zero attached hydrogens (tertiary/aromatic N) is 1. The van der Waals surface area contributed by atoms with Crippen LogP contribution in [0, 0.1) is 0 Å². The molecule has 0 spiro atoms. The zero-order valence-corrected chi connectivity index (χ0v) is 16.0. The van der Waals surface area contributed by atoms with E-state index in [1.54, 1.807) is 18.2 Å². The standard InChI is InChI=1S/C13H16Br2ClNO3S/c14-10-1-2-12(15)13(9-10)21(18,19)17-6-3-11(4-7-17)20-8-5-16/h1-2,9,11H,3-8H2. The van der Waals surface area contributed by atoms with Crippen molar-refractivity contribution in [2.45, 2.75) is 23.8 Å². The average molecular weight is 462 g/mol. The van der Waals surface area contributed by atoms with Crippen molar-refractivity contribution in [2.24, 2.45) is 0 Å². The smallest absolute Gasteiger partial charge is 0.244 e. The van der Waals surface area contributed by atoms with Gasteiger partial charge in [-0.1, -0.05) is 15.9 Å². The first-order valence-corrected chi connectivity index (χ1v) is 10.1. The summed E-state index contributed by atoms with van der Waals surface area (Å²) in [6.07, 6.45) is 1.49. The quantitative estimate of drug-likeness (QED) is 0.630. The molecular weight excluding hydrogens is 445 g/mol. The number of halogens is 3. The summed E-state index contributed by atoms with van der Waals surface area (Å²) in [7, 11) is -3.48. The van der Waals surface area contributed by atoms with E-state index in [4.69, 9.17) is 16.3 Å². The molecule has 0 radical (unpaired) electrons. The summed E-state index contributed by atoms with van der Waals surface area (Å²) in [6.45, 7) is 1.44. The molecule has 1 aromatic carbocycles. The van der Waals surface area contributed by atoms with Gasteiger partial charge in [0.15, 0.2) is 0 Å². The van der Waals surface area contributed by atoms with Crippen molar-refractivity contribution in [1.82, 2.24) is 4.31 Å². The Bertz CT molecular complexity index is 589. The lowest BCUT2D eigenvalue weighted by Crippen LogP contribution is -2.41. The third-order valence-corrected chi connectivity index (χ3v) is 6.88. The van der Waals surface area contributed by atoms with Crippen molar-refractivity contribution < 1.29 is 13.2 Å². The highest BCUT2D eigenvalue weighted by Crippen LogP contribution is 2.30. The highest BCUT2D eigenvalue weighted by molar-refractivity contribution is 9.11. The van der Waals surface area contributed by atoms with Crippen LogP contribution in [0.1, 0.15) is 12.8 Å². The maximum absolute atomic E-state index is 12.7. The monoisotopic (exact) mass is 459 g/mol.